The Balaban J connectivity index is 3.19. The molecule has 1 nitrogen and oxygen atoms in total. The Bertz CT molecular complexity index is 294. The van der Waals surface area contributed by atoms with E-state index in [9.17, 15) is 8.78 Å². The third-order valence-corrected chi connectivity index (χ3v) is 1.74. The van der Waals surface area contributed by atoms with Gasteiger partial charge in [-0.05, 0) is 19.1 Å². The van der Waals surface area contributed by atoms with Gasteiger partial charge < -0.3 is 0 Å². The van der Waals surface area contributed by atoms with Crippen LogP contribution in [0.25, 0.3) is 0 Å². The van der Waals surface area contributed by atoms with Crippen LogP contribution in [0, 0.1) is 6.92 Å². The van der Waals surface area contributed by atoms with Crippen LogP contribution < -0.4 is 0 Å². The zero-order valence-corrected chi connectivity index (χ0v) is 7.49. The zero-order valence-electron chi connectivity index (χ0n) is 6.74. The minimum Gasteiger partial charge on any atom is -0.241 e. The summed E-state index contributed by atoms with van der Waals surface area (Å²) in [6, 6.07) is 2.66. The fourth-order valence-corrected chi connectivity index (χ4v) is 1.18. The van der Waals surface area contributed by atoms with Crippen LogP contribution in [-0.2, 0) is 5.92 Å². The van der Waals surface area contributed by atoms with Crippen molar-refractivity contribution in [2.45, 2.75) is 19.8 Å². The van der Waals surface area contributed by atoms with Crippen molar-refractivity contribution in [1.29, 1.82) is 0 Å². The van der Waals surface area contributed by atoms with E-state index in [1.165, 1.54) is 19.1 Å². The minimum absolute atomic E-state index is 0.0769. The number of halogens is 3. The second-order valence-electron chi connectivity index (χ2n) is 2.66. The van der Waals surface area contributed by atoms with Crippen LogP contribution in [-0.4, -0.2) is 4.98 Å². The number of pyridine rings is 1. The normalized spacial score (nSPS) is 11.8. The molecule has 0 spiro atoms. The van der Waals surface area contributed by atoms with Gasteiger partial charge in [0.1, 0.15) is 5.15 Å². The summed E-state index contributed by atoms with van der Waals surface area (Å²) in [4.78, 5) is 3.73. The van der Waals surface area contributed by atoms with E-state index >= 15 is 0 Å². The van der Waals surface area contributed by atoms with Gasteiger partial charge in [-0.25, -0.2) is 13.8 Å². The summed E-state index contributed by atoms with van der Waals surface area (Å²) in [6.07, 6.45) is 0. The van der Waals surface area contributed by atoms with Crippen LogP contribution in [0.3, 0.4) is 0 Å². The number of hydrogen-bond acceptors (Lipinski definition) is 1. The van der Waals surface area contributed by atoms with E-state index in [1.54, 1.807) is 0 Å². The molecule has 1 aromatic heterocycles. The number of nitrogens with zero attached hydrogens (tertiary/aromatic N) is 1. The predicted molar refractivity (Wildman–Crippen MR) is 43.6 cm³/mol. The van der Waals surface area contributed by atoms with Gasteiger partial charge >= 0.3 is 0 Å². The molecule has 12 heavy (non-hydrogen) atoms. The van der Waals surface area contributed by atoms with E-state index in [2.05, 4.69) is 4.98 Å². The largest absolute Gasteiger partial charge is 0.272 e. The predicted octanol–water partition coefficient (Wildman–Crippen LogP) is 3.16. The molecule has 0 aromatic carbocycles. The first kappa shape index (κ1) is 9.39. The molecule has 0 N–H and O–H groups in total. The van der Waals surface area contributed by atoms with Gasteiger partial charge in [0.25, 0.3) is 5.92 Å². The Morgan fingerprint density at radius 3 is 2.42 bits per heavy atom. The highest BCUT2D eigenvalue weighted by atomic mass is 35.5. The quantitative estimate of drug-likeness (QED) is 0.622. The monoisotopic (exact) mass is 191 g/mol. The van der Waals surface area contributed by atoms with Gasteiger partial charge in [-0.3, -0.25) is 0 Å². The number of aryl methyl sites for hydroxylation is 1. The number of alkyl halides is 2. The minimum atomic E-state index is -2.85. The average Bonchev–Trinajstić information content (AvgIpc) is 1.83. The Morgan fingerprint density at radius 2 is 2.00 bits per heavy atom. The van der Waals surface area contributed by atoms with Crippen molar-refractivity contribution in [1.82, 2.24) is 4.98 Å². The SMILES string of the molecule is Cc1nc(Cl)ccc1C(C)(F)F. The van der Waals surface area contributed by atoms with E-state index in [0.717, 1.165) is 6.92 Å². The van der Waals surface area contributed by atoms with Crippen LogP contribution in [0.15, 0.2) is 12.1 Å². The molecule has 0 unspecified atom stereocenters. The molecule has 0 radical (unpaired) electrons. The smallest absolute Gasteiger partial charge is 0.241 e. The highest BCUT2D eigenvalue weighted by Gasteiger charge is 2.26. The van der Waals surface area contributed by atoms with Crippen molar-refractivity contribution in [3.05, 3.63) is 28.5 Å². The molecule has 0 amide bonds. The lowest BCUT2D eigenvalue weighted by atomic mass is 10.1. The van der Waals surface area contributed by atoms with Gasteiger partial charge in [0.2, 0.25) is 0 Å². The van der Waals surface area contributed by atoms with E-state index in [1.807, 2.05) is 0 Å². The maximum Gasteiger partial charge on any atom is 0.272 e. The number of rotatable bonds is 1. The van der Waals surface area contributed by atoms with Gasteiger partial charge in [-0.15, -0.1) is 0 Å². The van der Waals surface area contributed by atoms with Crippen molar-refractivity contribution in [2.24, 2.45) is 0 Å². The van der Waals surface area contributed by atoms with E-state index in [0.29, 0.717) is 0 Å². The molecule has 0 aliphatic heterocycles. The third kappa shape index (κ3) is 1.91. The first-order chi connectivity index (χ1) is 5.41. The molecule has 66 valence electrons. The van der Waals surface area contributed by atoms with E-state index < -0.39 is 5.92 Å². The average molecular weight is 192 g/mol. The number of hydrogen-bond donors (Lipinski definition) is 0. The highest BCUT2D eigenvalue weighted by molar-refractivity contribution is 6.29. The van der Waals surface area contributed by atoms with Gasteiger partial charge in [-0.1, -0.05) is 11.6 Å². The molecule has 0 fully saturated rings. The lowest BCUT2D eigenvalue weighted by molar-refractivity contribution is 0.0164. The molecule has 4 heteroatoms. The Morgan fingerprint density at radius 1 is 1.42 bits per heavy atom. The summed E-state index contributed by atoms with van der Waals surface area (Å²) in [7, 11) is 0. The molecular formula is C8H8ClF2N. The van der Waals surface area contributed by atoms with Crippen LogP contribution >= 0.6 is 11.6 Å². The van der Waals surface area contributed by atoms with Gasteiger partial charge in [0.05, 0.1) is 0 Å². The van der Waals surface area contributed by atoms with Gasteiger partial charge in [0.15, 0.2) is 0 Å². The summed E-state index contributed by atoms with van der Waals surface area (Å²) < 4.78 is 25.5. The maximum absolute atomic E-state index is 12.8. The molecule has 0 aliphatic rings. The fraction of sp³-hybridized carbons (Fsp3) is 0.375. The molecule has 0 saturated carbocycles. The Hall–Kier alpha value is -0.700. The summed E-state index contributed by atoms with van der Waals surface area (Å²) in [5, 5.41) is 0.237. The maximum atomic E-state index is 12.8. The van der Waals surface area contributed by atoms with Crippen LogP contribution in [0.1, 0.15) is 18.2 Å². The molecule has 0 saturated heterocycles. The van der Waals surface area contributed by atoms with Crippen LogP contribution in [0.2, 0.25) is 5.15 Å². The molecule has 1 aromatic rings. The summed E-state index contributed by atoms with van der Waals surface area (Å²) in [5.41, 5.74) is 0.196. The summed E-state index contributed by atoms with van der Waals surface area (Å²) >= 11 is 5.51. The lowest BCUT2D eigenvalue weighted by Gasteiger charge is -2.12. The first-order valence-corrected chi connectivity index (χ1v) is 3.80. The Labute approximate surface area is 74.4 Å². The van der Waals surface area contributed by atoms with Gasteiger partial charge in [0, 0.05) is 18.2 Å². The lowest BCUT2D eigenvalue weighted by Crippen LogP contribution is -2.10. The van der Waals surface area contributed by atoms with Crippen LogP contribution in [0.5, 0.6) is 0 Å². The van der Waals surface area contributed by atoms with Gasteiger partial charge in [-0.2, -0.15) is 0 Å². The van der Waals surface area contributed by atoms with Crippen molar-refractivity contribution >= 4 is 11.6 Å². The molecule has 1 rings (SSSR count). The van der Waals surface area contributed by atoms with Crippen molar-refractivity contribution in [3.63, 3.8) is 0 Å². The fourth-order valence-electron chi connectivity index (χ4n) is 0.994. The topological polar surface area (TPSA) is 12.9 Å². The van der Waals surface area contributed by atoms with Crippen molar-refractivity contribution < 1.29 is 8.78 Å². The number of aromatic nitrogens is 1. The molecular weight excluding hydrogens is 184 g/mol. The second kappa shape index (κ2) is 2.98. The third-order valence-electron chi connectivity index (χ3n) is 1.52. The molecule has 0 bridgehead atoms. The Kier molecular flexibility index (Phi) is 2.33. The summed E-state index contributed by atoms with van der Waals surface area (Å²) in [5.74, 6) is -2.85. The first-order valence-electron chi connectivity index (χ1n) is 3.42. The van der Waals surface area contributed by atoms with Crippen molar-refractivity contribution in [2.75, 3.05) is 0 Å². The van der Waals surface area contributed by atoms with Crippen molar-refractivity contribution in [3.8, 4) is 0 Å². The van der Waals surface area contributed by atoms with Crippen LogP contribution in [0.4, 0.5) is 8.78 Å². The second-order valence-corrected chi connectivity index (χ2v) is 3.04. The highest BCUT2D eigenvalue weighted by Crippen LogP contribution is 2.29. The van der Waals surface area contributed by atoms with E-state index in [4.69, 9.17) is 11.6 Å². The molecule has 0 aliphatic carbocycles. The molecule has 1 heterocycles. The molecule has 0 atom stereocenters. The van der Waals surface area contributed by atoms with E-state index in [-0.39, 0.29) is 16.4 Å². The zero-order chi connectivity index (χ0) is 9.35. The standard InChI is InChI=1S/C8H8ClF2N/c1-5-6(8(2,10)11)3-4-7(9)12-5/h3-4H,1-2H3. The summed E-state index contributed by atoms with van der Waals surface area (Å²) in [6.45, 7) is 2.35.